The largest absolute Gasteiger partial charge is 0.494 e. The van der Waals surface area contributed by atoms with Crippen molar-refractivity contribution in [2.75, 3.05) is 13.2 Å². The van der Waals surface area contributed by atoms with E-state index in [4.69, 9.17) is 13.6 Å². The van der Waals surface area contributed by atoms with Crippen molar-refractivity contribution in [2.45, 2.75) is 20.3 Å². The van der Waals surface area contributed by atoms with Crippen LogP contribution in [0.4, 0.5) is 0 Å². The van der Waals surface area contributed by atoms with Gasteiger partial charge in [0.1, 0.15) is 22.9 Å². The van der Waals surface area contributed by atoms with Gasteiger partial charge in [-0.15, -0.1) is 0 Å². The highest BCUT2D eigenvalue weighted by Gasteiger charge is 2.14. The Morgan fingerprint density at radius 1 is 1.16 bits per heavy atom. The molecule has 1 N–H and O–H groups in total. The van der Waals surface area contributed by atoms with Crippen LogP contribution in [0, 0.1) is 6.92 Å². The molecule has 3 rings (SSSR count). The first-order chi connectivity index (χ1) is 12.1. The molecule has 0 radical (unpaired) electrons. The Labute approximate surface area is 144 Å². The zero-order chi connectivity index (χ0) is 17.8. The average molecular weight is 341 g/mol. The van der Waals surface area contributed by atoms with Gasteiger partial charge in [-0.05, 0) is 38.1 Å². The summed E-state index contributed by atoms with van der Waals surface area (Å²) in [5.41, 5.74) is 0.0307. The Bertz CT molecular complexity index is 954. The molecule has 2 aromatic heterocycles. The van der Waals surface area contributed by atoms with E-state index in [0.29, 0.717) is 36.3 Å². The number of fused-ring (bicyclic) bond motifs is 1. The van der Waals surface area contributed by atoms with E-state index in [1.54, 1.807) is 18.2 Å². The summed E-state index contributed by atoms with van der Waals surface area (Å²) >= 11 is 0. The molecule has 1 amide bonds. The second-order valence-electron chi connectivity index (χ2n) is 5.59. The summed E-state index contributed by atoms with van der Waals surface area (Å²) in [5.74, 6) is 1.89. The predicted molar refractivity (Wildman–Crippen MR) is 93.1 cm³/mol. The molecule has 0 aliphatic rings. The average Bonchev–Trinajstić information content (AvgIpc) is 2.99. The molecular weight excluding hydrogens is 322 g/mol. The topological polar surface area (TPSA) is 81.7 Å². The van der Waals surface area contributed by atoms with Gasteiger partial charge >= 0.3 is 5.63 Å². The number of carbonyl (C=O) groups excluding carboxylic acids is 1. The summed E-state index contributed by atoms with van der Waals surface area (Å²) in [7, 11) is 0. The van der Waals surface area contributed by atoms with Gasteiger partial charge in [0.05, 0.1) is 12.2 Å². The van der Waals surface area contributed by atoms with Gasteiger partial charge in [0.25, 0.3) is 5.91 Å². The summed E-state index contributed by atoms with van der Waals surface area (Å²) in [4.78, 5) is 24.2. The number of carbonyl (C=O) groups is 1. The number of ether oxygens (including phenoxy) is 1. The number of hydrogen-bond donors (Lipinski definition) is 1. The smallest absolute Gasteiger partial charge is 0.337 e. The van der Waals surface area contributed by atoms with Crippen molar-refractivity contribution in [1.82, 2.24) is 5.32 Å². The molecule has 0 saturated heterocycles. The number of rotatable bonds is 6. The van der Waals surface area contributed by atoms with Gasteiger partial charge in [0.15, 0.2) is 0 Å². The molecule has 6 heteroatoms. The quantitative estimate of drug-likeness (QED) is 0.697. The van der Waals surface area contributed by atoms with Gasteiger partial charge in [-0.2, -0.15) is 0 Å². The van der Waals surface area contributed by atoms with E-state index >= 15 is 0 Å². The van der Waals surface area contributed by atoms with Crippen LogP contribution in [0.1, 0.15) is 28.8 Å². The first kappa shape index (κ1) is 16.8. The van der Waals surface area contributed by atoms with Crippen molar-refractivity contribution < 1.29 is 18.4 Å². The number of aryl methyl sites for hydroxylation is 1. The van der Waals surface area contributed by atoms with Crippen LogP contribution in [0.5, 0.6) is 5.75 Å². The van der Waals surface area contributed by atoms with Crippen LogP contribution in [0.15, 0.2) is 50.0 Å². The first-order valence-corrected chi connectivity index (χ1v) is 8.11. The zero-order valence-corrected chi connectivity index (χ0v) is 14.1. The van der Waals surface area contributed by atoms with Crippen LogP contribution in [-0.2, 0) is 6.42 Å². The van der Waals surface area contributed by atoms with Crippen LogP contribution in [-0.4, -0.2) is 19.1 Å². The Kier molecular flexibility index (Phi) is 4.88. The SMILES string of the molecule is CCOc1ccc2c(C(=O)NCCc3ccc(C)o3)cc(=O)oc2c1. The Morgan fingerprint density at radius 2 is 2.00 bits per heavy atom. The maximum absolute atomic E-state index is 12.5. The van der Waals surface area contributed by atoms with Gasteiger partial charge in [-0.25, -0.2) is 4.79 Å². The van der Waals surface area contributed by atoms with E-state index in [2.05, 4.69) is 5.32 Å². The fourth-order valence-corrected chi connectivity index (χ4v) is 2.60. The summed E-state index contributed by atoms with van der Waals surface area (Å²) in [6, 6.07) is 10.0. The third-order valence-corrected chi connectivity index (χ3v) is 3.72. The summed E-state index contributed by atoms with van der Waals surface area (Å²) in [6.45, 7) is 4.64. The Balaban J connectivity index is 1.79. The minimum atomic E-state index is -0.576. The third-order valence-electron chi connectivity index (χ3n) is 3.72. The summed E-state index contributed by atoms with van der Waals surface area (Å²) < 4.78 is 16.0. The van der Waals surface area contributed by atoms with Crippen LogP contribution in [0.3, 0.4) is 0 Å². The molecule has 0 aliphatic carbocycles. The molecule has 0 fully saturated rings. The molecule has 0 bridgehead atoms. The number of furan rings is 1. The van der Waals surface area contributed by atoms with Gasteiger partial charge in [-0.1, -0.05) is 0 Å². The first-order valence-electron chi connectivity index (χ1n) is 8.11. The lowest BCUT2D eigenvalue weighted by molar-refractivity contribution is 0.0954. The minimum absolute atomic E-state index is 0.282. The third kappa shape index (κ3) is 3.91. The van der Waals surface area contributed by atoms with Gasteiger partial charge in [0, 0.05) is 30.5 Å². The second-order valence-corrected chi connectivity index (χ2v) is 5.59. The fourth-order valence-electron chi connectivity index (χ4n) is 2.60. The lowest BCUT2D eigenvalue weighted by Gasteiger charge is -2.08. The molecule has 3 aromatic rings. The van der Waals surface area contributed by atoms with E-state index in [1.165, 1.54) is 6.07 Å². The van der Waals surface area contributed by atoms with Gasteiger partial charge in [-0.3, -0.25) is 4.79 Å². The number of amides is 1. The number of benzene rings is 1. The molecule has 2 heterocycles. The van der Waals surface area contributed by atoms with Gasteiger partial charge in [0.2, 0.25) is 0 Å². The monoisotopic (exact) mass is 341 g/mol. The second kappa shape index (κ2) is 7.25. The minimum Gasteiger partial charge on any atom is -0.494 e. The molecule has 0 unspecified atom stereocenters. The highest BCUT2D eigenvalue weighted by Crippen LogP contribution is 2.22. The summed E-state index contributed by atoms with van der Waals surface area (Å²) in [5, 5.41) is 3.37. The lowest BCUT2D eigenvalue weighted by atomic mass is 10.1. The van der Waals surface area contributed by atoms with Crippen LogP contribution < -0.4 is 15.7 Å². The molecular formula is C19H19NO5. The van der Waals surface area contributed by atoms with E-state index in [0.717, 1.165) is 11.5 Å². The number of hydrogen-bond acceptors (Lipinski definition) is 5. The van der Waals surface area contributed by atoms with E-state index in [1.807, 2.05) is 26.0 Å². The van der Waals surface area contributed by atoms with E-state index in [9.17, 15) is 9.59 Å². The Morgan fingerprint density at radius 3 is 2.72 bits per heavy atom. The molecule has 0 aliphatic heterocycles. The molecule has 130 valence electrons. The molecule has 0 saturated carbocycles. The van der Waals surface area contributed by atoms with Crippen molar-refractivity contribution >= 4 is 16.9 Å². The van der Waals surface area contributed by atoms with Crippen molar-refractivity contribution in [3.8, 4) is 5.75 Å². The molecule has 0 atom stereocenters. The van der Waals surface area contributed by atoms with Crippen LogP contribution >= 0.6 is 0 Å². The standard InChI is InChI=1S/C19H19NO5/c1-3-23-14-6-7-15-16(11-18(21)25-17(15)10-14)19(22)20-9-8-13-5-4-12(2)24-13/h4-7,10-11H,3,8-9H2,1-2H3,(H,20,22). The molecule has 6 nitrogen and oxygen atoms in total. The molecule has 1 aromatic carbocycles. The maximum atomic E-state index is 12.5. The van der Waals surface area contributed by atoms with Crippen LogP contribution in [0.2, 0.25) is 0 Å². The highest BCUT2D eigenvalue weighted by molar-refractivity contribution is 6.05. The normalized spacial score (nSPS) is 10.8. The van der Waals surface area contributed by atoms with Crippen molar-refractivity contribution in [3.05, 3.63) is 63.9 Å². The lowest BCUT2D eigenvalue weighted by Crippen LogP contribution is -2.26. The highest BCUT2D eigenvalue weighted by atomic mass is 16.5. The zero-order valence-electron chi connectivity index (χ0n) is 14.1. The Hall–Kier alpha value is -3.02. The molecule has 0 spiro atoms. The summed E-state index contributed by atoms with van der Waals surface area (Å²) in [6.07, 6.45) is 0.577. The number of nitrogens with one attached hydrogen (secondary N) is 1. The van der Waals surface area contributed by atoms with Gasteiger partial charge < -0.3 is 18.9 Å². The van der Waals surface area contributed by atoms with Crippen molar-refractivity contribution in [1.29, 1.82) is 0 Å². The fraction of sp³-hybridized carbons (Fsp3) is 0.263. The van der Waals surface area contributed by atoms with Crippen molar-refractivity contribution in [2.24, 2.45) is 0 Å². The maximum Gasteiger partial charge on any atom is 0.337 e. The van der Waals surface area contributed by atoms with E-state index in [-0.39, 0.29) is 11.5 Å². The van der Waals surface area contributed by atoms with E-state index < -0.39 is 5.63 Å². The predicted octanol–water partition coefficient (Wildman–Crippen LogP) is 3.07. The molecule has 25 heavy (non-hydrogen) atoms. The van der Waals surface area contributed by atoms with Crippen molar-refractivity contribution in [3.63, 3.8) is 0 Å². The van der Waals surface area contributed by atoms with Crippen LogP contribution in [0.25, 0.3) is 11.0 Å².